The molecular formula is C14H24N2O3. The largest absolute Gasteiger partial charge is 0.469 e. The highest BCUT2D eigenvalue weighted by Crippen LogP contribution is 2.04. The first-order valence-corrected chi connectivity index (χ1v) is 6.98. The first-order chi connectivity index (χ1) is 9.24. The van der Waals surface area contributed by atoms with Gasteiger partial charge in [0.25, 0.3) is 0 Å². The van der Waals surface area contributed by atoms with E-state index in [4.69, 9.17) is 9.15 Å². The lowest BCUT2D eigenvalue weighted by Gasteiger charge is -2.29. The number of hydrogen-bond acceptors (Lipinski definition) is 5. The number of β-amino-alcohol motifs (C(OH)–C–C–N with tert-alkyl or cyclic N) is 1. The van der Waals surface area contributed by atoms with Gasteiger partial charge in [-0.15, -0.1) is 0 Å². The Balaban J connectivity index is 1.61. The maximum absolute atomic E-state index is 10.0. The van der Waals surface area contributed by atoms with E-state index in [1.165, 1.54) is 0 Å². The van der Waals surface area contributed by atoms with Crippen LogP contribution in [0.15, 0.2) is 22.8 Å². The van der Waals surface area contributed by atoms with Gasteiger partial charge in [0.15, 0.2) is 0 Å². The molecule has 1 aliphatic heterocycles. The molecule has 2 rings (SSSR count). The van der Waals surface area contributed by atoms with E-state index in [-0.39, 0.29) is 6.10 Å². The molecule has 19 heavy (non-hydrogen) atoms. The Hall–Kier alpha value is -0.880. The van der Waals surface area contributed by atoms with E-state index in [1.54, 1.807) is 6.26 Å². The van der Waals surface area contributed by atoms with E-state index in [9.17, 15) is 5.11 Å². The van der Waals surface area contributed by atoms with Crippen LogP contribution in [0.2, 0.25) is 0 Å². The van der Waals surface area contributed by atoms with Crippen LogP contribution in [0, 0.1) is 0 Å². The third kappa shape index (κ3) is 5.32. The van der Waals surface area contributed by atoms with E-state index in [0.29, 0.717) is 19.1 Å². The van der Waals surface area contributed by atoms with E-state index in [0.717, 1.165) is 38.5 Å². The maximum atomic E-state index is 10.0. The molecule has 1 fully saturated rings. The van der Waals surface area contributed by atoms with Gasteiger partial charge in [-0.2, -0.15) is 0 Å². The van der Waals surface area contributed by atoms with Gasteiger partial charge in [0, 0.05) is 38.6 Å². The third-order valence-corrected chi connectivity index (χ3v) is 3.36. The van der Waals surface area contributed by atoms with Gasteiger partial charge < -0.3 is 19.6 Å². The van der Waals surface area contributed by atoms with E-state index < -0.39 is 0 Å². The van der Waals surface area contributed by atoms with Gasteiger partial charge in [-0.25, -0.2) is 0 Å². The van der Waals surface area contributed by atoms with E-state index >= 15 is 0 Å². The molecule has 2 N–H and O–H groups in total. The van der Waals surface area contributed by atoms with Crippen molar-refractivity contribution in [2.75, 3.05) is 39.4 Å². The number of aliphatic hydroxyl groups is 1. The van der Waals surface area contributed by atoms with Gasteiger partial charge in [-0.05, 0) is 19.1 Å². The second-order valence-corrected chi connectivity index (χ2v) is 5.16. The Morgan fingerprint density at radius 1 is 1.42 bits per heavy atom. The maximum Gasteiger partial charge on any atom is 0.105 e. The van der Waals surface area contributed by atoms with Gasteiger partial charge in [-0.1, -0.05) is 0 Å². The summed E-state index contributed by atoms with van der Waals surface area (Å²) in [4.78, 5) is 2.24. The molecule has 0 saturated carbocycles. The number of hydrogen-bond donors (Lipinski definition) is 2. The molecule has 5 heteroatoms. The molecule has 1 aliphatic rings. The molecule has 2 atom stereocenters. The molecule has 0 radical (unpaired) electrons. The predicted molar refractivity (Wildman–Crippen MR) is 73.1 cm³/mol. The molecule has 0 aromatic carbocycles. The first-order valence-electron chi connectivity index (χ1n) is 6.98. The Morgan fingerprint density at radius 2 is 2.21 bits per heavy atom. The number of nitrogens with zero attached hydrogens (tertiary/aromatic N) is 1. The summed E-state index contributed by atoms with van der Waals surface area (Å²) in [7, 11) is 0. The zero-order valence-electron chi connectivity index (χ0n) is 11.5. The highest BCUT2D eigenvalue weighted by atomic mass is 16.5. The quantitative estimate of drug-likeness (QED) is 0.754. The standard InChI is InChI=1S/C14H24N2O3/c1-12(9-14-3-2-6-19-14)15-10-13(17)11-16-4-7-18-8-5-16/h2-3,6,12-13,15,17H,4-5,7-11H2,1H3. The molecule has 1 saturated heterocycles. The summed E-state index contributed by atoms with van der Waals surface area (Å²) in [5, 5.41) is 13.4. The fourth-order valence-corrected chi connectivity index (χ4v) is 2.29. The molecular weight excluding hydrogens is 244 g/mol. The second kappa shape index (κ2) is 7.65. The number of ether oxygens (including phenoxy) is 1. The van der Waals surface area contributed by atoms with Gasteiger partial charge in [0.05, 0.1) is 25.6 Å². The lowest BCUT2D eigenvalue weighted by atomic mass is 10.2. The SMILES string of the molecule is CC(Cc1ccco1)NCC(O)CN1CCOCC1. The van der Waals surface area contributed by atoms with Crippen LogP contribution in [0.5, 0.6) is 0 Å². The highest BCUT2D eigenvalue weighted by molar-refractivity contribution is 4.99. The molecule has 0 amide bonds. The van der Waals surface area contributed by atoms with Gasteiger partial charge in [0.2, 0.25) is 0 Å². The molecule has 2 unspecified atom stereocenters. The Labute approximate surface area is 114 Å². The van der Waals surface area contributed by atoms with Crippen LogP contribution >= 0.6 is 0 Å². The molecule has 0 bridgehead atoms. The van der Waals surface area contributed by atoms with Crippen molar-refractivity contribution in [2.24, 2.45) is 0 Å². The van der Waals surface area contributed by atoms with Crippen LogP contribution in [0.4, 0.5) is 0 Å². The molecule has 0 aliphatic carbocycles. The van der Waals surface area contributed by atoms with E-state index in [2.05, 4.69) is 17.1 Å². The van der Waals surface area contributed by atoms with Crippen LogP contribution in [0.1, 0.15) is 12.7 Å². The zero-order chi connectivity index (χ0) is 13.5. The average Bonchev–Trinajstić information content (AvgIpc) is 2.90. The zero-order valence-corrected chi connectivity index (χ0v) is 11.5. The van der Waals surface area contributed by atoms with Gasteiger partial charge in [-0.3, -0.25) is 4.90 Å². The summed E-state index contributed by atoms with van der Waals surface area (Å²) in [6.45, 7) is 6.80. The smallest absolute Gasteiger partial charge is 0.105 e. The number of nitrogens with one attached hydrogen (secondary N) is 1. The Morgan fingerprint density at radius 3 is 2.89 bits per heavy atom. The molecule has 1 aromatic heterocycles. The Kier molecular flexibility index (Phi) is 5.85. The van der Waals surface area contributed by atoms with Crippen molar-refractivity contribution < 1.29 is 14.3 Å². The number of furan rings is 1. The molecule has 5 nitrogen and oxygen atoms in total. The van der Waals surface area contributed by atoms with Crippen LogP contribution in [0.25, 0.3) is 0 Å². The van der Waals surface area contributed by atoms with Crippen molar-refractivity contribution in [1.82, 2.24) is 10.2 Å². The van der Waals surface area contributed by atoms with Gasteiger partial charge in [0.1, 0.15) is 5.76 Å². The van der Waals surface area contributed by atoms with Crippen LogP contribution in [0.3, 0.4) is 0 Å². The highest BCUT2D eigenvalue weighted by Gasteiger charge is 2.15. The average molecular weight is 268 g/mol. The predicted octanol–water partition coefficient (Wildman–Crippen LogP) is 0.493. The van der Waals surface area contributed by atoms with Crippen molar-refractivity contribution in [1.29, 1.82) is 0 Å². The number of morpholine rings is 1. The van der Waals surface area contributed by atoms with Crippen molar-refractivity contribution in [2.45, 2.75) is 25.5 Å². The summed E-state index contributed by atoms with van der Waals surface area (Å²) in [5.41, 5.74) is 0. The first kappa shape index (κ1) is 14.5. The second-order valence-electron chi connectivity index (χ2n) is 5.16. The summed E-state index contributed by atoms with van der Waals surface area (Å²) in [5.74, 6) is 0.975. The van der Waals surface area contributed by atoms with E-state index in [1.807, 2.05) is 12.1 Å². The van der Waals surface area contributed by atoms with Gasteiger partial charge >= 0.3 is 0 Å². The summed E-state index contributed by atoms with van der Waals surface area (Å²) in [6.07, 6.45) is 2.20. The third-order valence-electron chi connectivity index (χ3n) is 3.36. The molecule has 108 valence electrons. The van der Waals surface area contributed by atoms with Crippen LogP contribution in [-0.4, -0.2) is 61.5 Å². The lowest BCUT2D eigenvalue weighted by molar-refractivity contribution is 0.0145. The minimum Gasteiger partial charge on any atom is -0.469 e. The van der Waals surface area contributed by atoms with Crippen molar-refractivity contribution in [3.8, 4) is 0 Å². The molecule has 0 spiro atoms. The molecule has 2 heterocycles. The minimum absolute atomic E-state index is 0.297. The monoisotopic (exact) mass is 268 g/mol. The van der Waals surface area contributed by atoms with Crippen molar-refractivity contribution in [3.63, 3.8) is 0 Å². The normalized spacial score (nSPS) is 20.3. The topological polar surface area (TPSA) is 57.9 Å². The lowest BCUT2D eigenvalue weighted by Crippen LogP contribution is -2.45. The summed E-state index contributed by atoms with van der Waals surface area (Å²) < 4.78 is 10.6. The molecule has 1 aromatic rings. The Bertz CT molecular complexity index is 336. The van der Waals surface area contributed by atoms with Crippen LogP contribution < -0.4 is 5.32 Å². The number of rotatable bonds is 7. The minimum atomic E-state index is -0.336. The van der Waals surface area contributed by atoms with Crippen molar-refractivity contribution >= 4 is 0 Å². The van der Waals surface area contributed by atoms with Crippen LogP contribution in [-0.2, 0) is 11.2 Å². The number of aliphatic hydroxyl groups excluding tert-OH is 1. The fourth-order valence-electron chi connectivity index (χ4n) is 2.29. The summed E-state index contributed by atoms with van der Waals surface area (Å²) >= 11 is 0. The summed E-state index contributed by atoms with van der Waals surface area (Å²) in [6, 6.07) is 4.17. The fraction of sp³-hybridized carbons (Fsp3) is 0.714. The van der Waals surface area contributed by atoms with Crippen molar-refractivity contribution in [3.05, 3.63) is 24.2 Å².